The highest BCUT2D eigenvalue weighted by Crippen LogP contribution is 2.39. The minimum absolute atomic E-state index is 0.00328. The molecule has 4 heterocycles. The smallest absolute Gasteiger partial charge is 0.407 e. The Bertz CT molecular complexity index is 2330. The van der Waals surface area contributed by atoms with Crippen molar-refractivity contribution < 1.29 is 29.0 Å². The van der Waals surface area contributed by atoms with Crippen molar-refractivity contribution in [3.63, 3.8) is 0 Å². The summed E-state index contributed by atoms with van der Waals surface area (Å²) in [6, 6.07) is 18.8. The molecule has 310 valence electrons. The van der Waals surface area contributed by atoms with E-state index in [1.807, 2.05) is 71.0 Å². The Balaban J connectivity index is 1.04. The summed E-state index contributed by atoms with van der Waals surface area (Å²) < 4.78 is 4.79. The second-order valence-electron chi connectivity index (χ2n) is 16.6. The van der Waals surface area contributed by atoms with Crippen LogP contribution in [0.25, 0.3) is 44.4 Å². The van der Waals surface area contributed by atoms with Crippen molar-refractivity contribution in [3.05, 3.63) is 84.7 Å². The molecule has 14 nitrogen and oxygen atoms in total. The number of hydrogen-bond acceptors (Lipinski definition) is 7. The minimum Gasteiger partial charge on any atom is -0.465 e. The number of alkyl carbamates (subject to hydrolysis) is 1. The highest BCUT2D eigenvalue weighted by molar-refractivity contribution is 5.91. The molecule has 5 aromatic rings. The minimum atomic E-state index is -1.21. The molecule has 0 spiro atoms. The maximum Gasteiger partial charge on any atom is 0.407 e. The van der Waals surface area contributed by atoms with Gasteiger partial charge in [-0.25, -0.2) is 19.6 Å². The quantitative estimate of drug-likeness (QED) is 0.0888. The molecular formula is C45H54N8O6. The van der Waals surface area contributed by atoms with Gasteiger partial charge in [0, 0.05) is 35.6 Å². The van der Waals surface area contributed by atoms with Crippen LogP contribution in [0.2, 0.25) is 0 Å². The Hall–Kier alpha value is -6.18. The van der Waals surface area contributed by atoms with Crippen molar-refractivity contribution >= 4 is 34.8 Å². The van der Waals surface area contributed by atoms with Gasteiger partial charge in [-0.3, -0.25) is 9.59 Å². The van der Waals surface area contributed by atoms with Gasteiger partial charge in [0.15, 0.2) is 0 Å². The van der Waals surface area contributed by atoms with Gasteiger partial charge < -0.3 is 40.2 Å². The number of ether oxygens (including phenoxy) is 1. The van der Waals surface area contributed by atoms with E-state index in [0.29, 0.717) is 5.82 Å². The highest BCUT2D eigenvalue weighted by Gasteiger charge is 2.42. The van der Waals surface area contributed by atoms with Crippen LogP contribution in [0, 0.1) is 11.8 Å². The molecule has 2 aliphatic heterocycles. The molecule has 7 rings (SSSR count). The summed E-state index contributed by atoms with van der Waals surface area (Å²) >= 11 is 0. The van der Waals surface area contributed by atoms with Crippen LogP contribution in [0.3, 0.4) is 0 Å². The van der Waals surface area contributed by atoms with E-state index in [4.69, 9.17) is 14.7 Å². The lowest BCUT2D eigenvalue weighted by atomic mass is 9.98. The first-order valence-electron chi connectivity index (χ1n) is 20.5. The molecule has 5 N–H and O–H groups in total. The molecular weight excluding hydrogens is 749 g/mol. The monoisotopic (exact) mass is 802 g/mol. The molecule has 4 amide bonds. The first-order chi connectivity index (χ1) is 28.2. The highest BCUT2D eigenvalue weighted by atomic mass is 16.5. The Labute approximate surface area is 344 Å². The first-order valence-corrected chi connectivity index (χ1v) is 20.5. The normalized spacial score (nSPS) is 20.3. The maximum absolute atomic E-state index is 13.8. The summed E-state index contributed by atoms with van der Waals surface area (Å²) in [4.78, 5) is 71.1. The molecule has 2 unspecified atom stereocenters. The van der Waals surface area contributed by atoms with Gasteiger partial charge >= 0.3 is 12.2 Å². The summed E-state index contributed by atoms with van der Waals surface area (Å²) in [5.41, 5.74) is 5.60. The zero-order valence-corrected chi connectivity index (χ0v) is 34.7. The standard InChI is InChI=1S/C45H54N8O6/c1-24(2)38(50-44(56)57)42(54)52-26(5)8-18-36(52)40-46-22-34(48-40)29-12-10-28(11-13-29)30-14-15-32-21-33(17-16-31(32)20-30)35-23-47-41(49-35)37-19-9-27(6)53(37)43(55)39(25(3)4)51-45(58)59-7/h10-17,20-27,36-39,50H,8-9,18-19H2,1-7H3,(H,46,48)(H,47,49)(H,51,58)(H,56,57)/t26-,27?,36-,37?,38-,39-/m0/s1. The maximum atomic E-state index is 13.8. The number of likely N-dealkylation sites (tertiary alicyclic amines) is 2. The largest absolute Gasteiger partial charge is 0.465 e. The Morgan fingerprint density at radius 1 is 0.661 bits per heavy atom. The van der Waals surface area contributed by atoms with Crippen LogP contribution in [-0.2, 0) is 14.3 Å². The molecule has 59 heavy (non-hydrogen) atoms. The number of aromatic nitrogens is 4. The SMILES string of the molecule is COC(=O)N[C@H](C(=O)N1C(C)CCC1c1nc(-c2ccc3cc(-c4ccc(-c5c[nH]c([C@@H]6CC[C@H](C)N6C(=O)[C@@H](NC(=O)O)C(C)C)n5)cc4)ccc3c2)c[nH]1)C(C)C. The number of carbonyl (C=O) groups excluding carboxylic acids is 3. The average Bonchev–Trinajstić information content (AvgIpc) is 4.05. The van der Waals surface area contributed by atoms with E-state index in [-0.39, 0.29) is 47.8 Å². The van der Waals surface area contributed by atoms with Crippen molar-refractivity contribution in [3.8, 4) is 33.6 Å². The number of carbonyl (C=O) groups is 4. The van der Waals surface area contributed by atoms with Crippen molar-refractivity contribution in [1.29, 1.82) is 0 Å². The molecule has 2 aromatic heterocycles. The fraction of sp³-hybridized carbons (Fsp3) is 0.422. The number of amides is 4. The van der Waals surface area contributed by atoms with Crippen molar-refractivity contribution in [2.24, 2.45) is 11.8 Å². The Morgan fingerprint density at radius 2 is 1.10 bits per heavy atom. The van der Waals surface area contributed by atoms with E-state index in [9.17, 15) is 24.3 Å². The van der Waals surface area contributed by atoms with Crippen LogP contribution in [-0.4, -0.2) is 90.1 Å². The topological polar surface area (TPSA) is 186 Å². The molecule has 0 bridgehead atoms. The lowest BCUT2D eigenvalue weighted by Gasteiger charge is -2.32. The third-order valence-corrected chi connectivity index (χ3v) is 11.9. The molecule has 2 aliphatic rings. The molecule has 3 aromatic carbocycles. The van der Waals surface area contributed by atoms with E-state index in [0.717, 1.165) is 75.9 Å². The average molecular weight is 803 g/mol. The van der Waals surface area contributed by atoms with Crippen LogP contribution in [0.1, 0.15) is 91.0 Å². The van der Waals surface area contributed by atoms with E-state index < -0.39 is 24.3 Å². The van der Waals surface area contributed by atoms with Crippen molar-refractivity contribution in [2.75, 3.05) is 7.11 Å². The van der Waals surface area contributed by atoms with Gasteiger partial charge in [0.25, 0.3) is 0 Å². The summed E-state index contributed by atoms with van der Waals surface area (Å²) in [6.45, 7) is 11.5. The van der Waals surface area contributed by atoms with Crippen LogP contribution in [0.15, 0.2) is 73.1 Å². The second kappa shape index (κ2) is 17.0. The van der Waals surface area contributed by atoms with E-state index in [1.165, 1.54) is 7.11 Å². The van der Waals surface area contributed by atoms with Crippen LogP contribution < -0.4 is 10.6 Å². The number of H-pyrrole nitrogens is 2. The van der Waals surface area contributed by atoms with Crippen molar-refractivity contribution in [2.45, 2.75) is 103 Å². The number of hydrogen-bond donors (Lipinski definition) is 5. The van der Waals surface area contributed by atoms with Gasteiger partial charge in [0.05, 0.1) is 30.6 Å². The fourth-order valence-electron chi connectivity index (χ4n) is 8.64. The zero-order valence-electron chi connectivity index (χ0n) is 34.7. The van der Waals surface area contributed by atoms with E-state index >= 15 is 0 Å². The van der Waals surface area contributed by atoms with Gasteiger partial charge in [-0.05, 0) is 85.4 Å². The number of nitrogens with one attached hydrogen (secondary N) is 4. The molecule has 0 radical (unpaired) electrons. The number of fused-ring (bicyclic) bond motifs is 1. The Morgan fingerprint density at radius 3 is 1.59 bits per heavy atom. The predicted octanol–water partition coefficient (Wildman–Crippen LogP) is 8.06. The molecule has 2 fully saturated rings. The first kappa shape index (κ1) is 41.0. The summed E-state index contributed by atoms with van der Waals surface area (Å²) in [5, 5.41) is 16.7. The van der Waals surface area contributed by atoms with Gasteiger partial charge in [-0.15, -0.1) is 0 Å². The molecule has 14 heteroatoms. The zero-order chi connectivity index (χ0) is 42.1. The predicted molar refractivity (Wildman–Crippen MR) is 225 cm³/mol. The summed E-state index contributed by atoms with van der Waals surface area (Å²) in [5.74, 6) is 0.717. The van der Waals surface area contributed by atoms with Crippen LogP contribution in [0.5, 0.6) is 0 Å². The number of benzene rings is 3. The van der Waals surface area contributed by atoms with E-state index in [1.54, 1.807) is 4.90 Å². The van der Waals surface area contributed by atoms with E-state index in [2.05, 4.69) is 69.1 Å². The number of carboxylic acid groups (broad SMARTS) is 1. The number of nitrogens with zero attached hydrogens (tertiary/aromatic N) is 4. The number of imidazole rings is 2. The van der Waals surface area contributed by atoms with Crippen molar-refractivity contribution in [1.82, 2.24) is 40.4 Å². The fourth-order valence-corrected chi connectivity index (χ4v) is 8.64. The number of aromatic amines is 2. The van der Waals surface area contributed by atoms with Crippen LogP contribution >= 0.6 is 0 Å². The van der Waals surface area contributed by atoms with Gasteiger partial charge in [0.1, 0.15) is 23.7 Å². The Kier molecular flexibility index (Phi) is 11.8. The molecule has 0 saturated carbocycles. The van der Waals surface area contributed by atoms with Crippen LogP contribution in [0.4, 0.5) is 9.59 Å². The summed E-state index contributed by atoms with van der Waals surface area (Å²) in [7, 11) is 1.29. The van der Waals surface area contributed by atoms with Gasteiger partial charge in [-0.2, -0.15) is 0 Å². The number of rotatable bonds is 11. The third kappa shape index (κ3) is 8.39. The number of methoxy groups -OCH3 is 1. The van der Waals surface area contributed by atoms with Gasteiger partial charge in [0.2, 0.25) is 11.8 Å². The second-order valence-corrected chi connectivity index (χ2v) is 16.6. The molecule has 0 aliphatic carbocycles. The third-order valence-electron chi connectivity index (χ3n) is 11.9. The lowest BCUT2D eigenvalue weighted by molar-refractivity contribution is -0.138. The molecule has 6 atom stereocenters. The van der Waals surface area contributed by atoms with Gasteiger partial charge in [-0.1, -0.05) is 76.2 Å². The molecule has 2 saturated heterocycles. The lowest BCUT2D eigenvalue weighted by Crippen LogP contribution is -2.52. The summed E-state index contributed by atoms with van der Waals surface area (Å²) in [6.07, 6.45) is 5.04.